The van der Waals surface area contributed by atoms with Gasteiger partial charge in [-0.2, -0.15) is 0 Å². The zero-order valence-corrected chi connectivity index (χ0v) is 18.4. The van der Waals surface area contributed by atoms with Gasteiger partial charge in [0.25, 0.3) is 6.43 Å². The molecule has 1 fully saturated rings. The largest absolute Gasteiger partial charge is 0.481 e. The van der Waals surface area contributed by atoms with E-state index in [1.165, 1.54) is 0 Å². The Bertz CT molecular complexity index is 1030. The molecule has 0 aliphatic heterocycles. The minimum atomic E-state index is -3.00. The number of ether oxygens (including phenoxy) is 1. The van der Waals surface area contributed by atoms with E-state index in [0.29, 0.717) is 19.3 Å². The van der Waals surface area contributed by atoms with Crippen LogP contribution in [0.3, 0.4) is 0 Å². The Kier molecular flexibility index (Phi) is 7.09. The lowest BCUT2D eigenvalue weighted by Crippen LogP contribution is -2.46. The Morgan fingerprint density at radius 3 is 2.21 bits per heavy atom. The van der Waals surface area contributed by atoms with Crippen LogP contribution in [0.4, 0.5) is 13.6 Å². The van der Waals surface area contributed by atoms with E-state index in [1.54, 1.807) is 0 Å². The number of hydrogen-bond acceptors (Lipinski definition) is 4. The van der Waals surface area contributed by atoms with Crippen molar-refractivity contribution in [1.29, 1.82) is 0 Å². The summed E-state index contributed by atoms with van der Waals surface area (Å²) >= 11 is 0. The highest BCUT2D eigenvalue weighted by Crippen LogP contribution is 2.44. The SMILES string of the molecule is O=C(CC(NC(=O)OCC1c2ccccc2-c2ccccc21)C(F)F)N[C@@H]1CCC[C@@H]1C(=O)O. The average molecular weight is 472 g/mol. The van der Waals surface area contributed by atoms with Gasteiger partial charge in [-0.1, -0.05) is 55.0 Å². The molecule has 0 saturated heterocycles. The number of carboxylic acids is 1. The molecule has 34 heavy (non-hydrogen) atoms. The Hall–Kier alpha value is -3.49. The first-order valence-corrected chi connectivity index (χ1v) is 11.3. The number of nitrogens with one attached hydrogen (secondary N) is 2. The highest BCUT2D eigenvalue weighted by molar-refractivity contribution is 5.80. The van der Waals surface area contributed by atoms with Crippen LogP contribution in [0.2, 0.25) is 0 Å². The molecule has 1 unspecified atom stereocenters. The third-order valence-electron chi connectivity index (χ3n) is 6.54. The van der Waals surface area contributed by atoms with Gasteiger partial charge in [-0.3, -0.25) is 9.59 Å². The highest BCUT2D eigenvalue weighted by Gasteiger charge is 2.35. The molecule has 0 heterocycles. The van der Waals surface area contributed by atoms with E-state index in [2.05, 4.69) is 10.6 Å². The lowest BCUT2D eigenvalue weighted by atomic mass is 9.98. The topological polar surface area (TPSA) is 105 Å². The zero-order chi connectivity index (χ0) is 24.2. The van der Waals surface area contributed by atoms with Gasteiger partial charge in [0.05, 0.1) is 12.3 Å². The molecule has 0 spiro atoms. The van der Waals surface area contributed by atoms with Crippen LogP contribution in [0, 0.1) is 5.92 Å². The number of alkyl halides is 2. The molecule has 2 aromatic rings. The fourth-order valence-electron chi connectivity index (χ4n) is 4.89. The van der Waals surface area contributed by atoms with Gasteiger partial charge in [0.2, 0.25) is 5.91 Å². The van der Waals surface area contributed by atoms with Crippen molar-refractivity contribution in [2.75, 3.05) is 6.61 Å². The Balaban J connectivity index is 1.34. The second kappa shape index (κ2) is 10.2. The average Bonchev–Trinajstić information content (AvgIpc) is 3.40. The van der Waals surface area contributed by atoms with Crippen LogP contribution in [-0.2, 0) is 14.3 Å². The van der Waals surface area contributed by atoms with Crippen molar-refractivity contribution < 1.29 is 33.0 Å². The molecular formula is C25H26F2N2O5. The first-order valence-electron chi connectivity index (χ1n) is 11.3. The molecule has 0 aromatic heterocycles. The third-order valence-corrected chi connectivity index (χ3v) is 6.54. The number of fused-ring (bicyclic) bond motifs is 3. The van der Waals surface area contributed by atoms with Crippen LogP contribution < -0.4 is 10.6 Å². The van der Waals surface area contributed by atoms with E-state index in [4.69, 9.17) is 4.74 Å². The van der Waals surface area contributed by atoms with Gasteiger partial charge >= 0.3 is 12.1 Å². The molecule has 2 aliphatic rings. The molecule has 180 valence electrons. The van der Waals surface area contributed by atoms with Crippen molar-refractivity contribution in [3.63, 3.8) is 0 Å². The lowest BCUT2D eigenvalue weighted by Gasteiger charge is -2.21. The molecular weight excluding hydrogens is 446 g/mol. The predicted molar refractivity (Wildman–Crippen MR) is 120 cm³/mol. The minimum absolute atomic E-state index is 0.0373. The van der Waals surface area contributed by atoms with Crippen molar-refractivity contribution >= 4 is 18.0 Å². The number of carbonyl (C=O) groups excluding carboxylic acids is 2. The molecule has 3 N–H and O–H groups in total. The summed E-state index contributed by atoms with van der Waals surface area (Å²) in [6.07, 6.45) is -3.17. The fourth-order valence-corrected chi connectivity index (χ4v) is 4.89. The van der Waals surface area contributed by atoms with Crippen LogP contribution in [0.1, 0.15) is 42.7 Å². The van der Waals surface area contributed by atoms with Gasteiger partial charge < -0.3 is 20.5 Å². The van der Waals surface area contributed by atoms with E-state index >= 15 is 0 Å². The number of amides is 2. The normalized spacial score (nSPS) is 19.9. The van der Waals surface area contributed by atoms with Crippen LogP contribution >= 0.6 is 0 Å². The minimum Gasteiger partial charge on any atom is -0.481 e. The number of carbonyl (C=O) groups is 3. The summed E-state index contributed by atoms with van der Waals surface area (Å²) < 4.78 is 32.3. The molecule has 3 atom stereocenters. The number of benzene rings is 2. The van der Waals surface area contributed by atoms with Crippen LogP contribution in [0.25, 0.3) is 11.1 Å². The molecule has 4 rings (SSSR count). The predicted octanol–water partition coefficient (Wildman–Crippen LogP) is 3.92. The summed E-state index contributed by atoms with van der Waals surface area (Å²) in [6.45, 7) is -0.0373. The molecule has 0 radical (unpaired) electrons. The molecule has 7 nitrogen and oxygen atoms in total. The summed E-state index contributed by atoms with van der Waals surface area (Å²) in [4.78, 5) is 35.9. The Morgan fingerprint density at radius 2 is 1.62 bits per heavy atom. The molecule has 2 aromatic carbocycles. The van der Waals surface area contributed by atoms with Gasteiger partial charge in [-0.15, -0.1) is 0 Å². The lowest BCUT2D eigenvalue weighted by molar-refractivity contribution is -0.142. The molecule has 2 amide bonds. The molecule has 9 heteroatoms. The number of hydrogen-bond donors (Lipinski definition) is 3. The third kappa shape index (κ3) is 5.03. The summed E-state index contributed by atoms with van der Waals surface area (Å²) in [5.41, 5.74) is 4.07. The Morgan fingerprint density at radius 1 is 1.00 bits per heavy atom. The van der Waals surface area contributed by atoms with Crippen molar-refractivity contribution in [3.8, 4) is 11.1 Å². The molecule has 1 saturated carbocycles. The van der Waals surface area contributed by atoms with Crippen molar-refractivity contribution in [1.82, 2.24) is 10.6 Å². The highest BCUT2D eigenvalue weighted by atomic mass is 19.3. The maximum Gasteiger partial charge on any atom is 0.407 e. The van der Waals surface area contributed by atoms with E-state index in [1.807, 2.05) is 48.5 Å². The van der Waals surface area contributed by atoms with E-state index < -0.39 is 48.8 Å². The van der Waals surface area contributed by atoms with Gasteiger partial charge in [-0.25, -0.2) is 13.6 Å². The number of carboxylic acid groups (broad SMARTS) is 1. The van der Waals surface area contributed by atoms with Crippen molar-refractivity contribution in [3.05, 3.63) is 59.7 Å². The van der Waals surface area contributed by atoms with Gasteiger partial charge in [0.15, 0.2) is 0 Å². The second-order valence-corrected chi connectivity index (χ2v) is 8.66. The maximum atomic E-state index is 13.5. The molecule has 0 bridgehead atoms. The van der Waals surface area contributed by atoms with E-state index in [-0.39, 0.29) is 12.5 Å². The number of aliphatic carboxylic acids is 1. The van der Waals surface area contributed by atoms with Crippen LogP contribution in [0.15, 0.2) is 48.5 Å². The van der Waals surface area contributed by atoms with E-state index in [9.17, 15) is 28.3 Å². The summed E-state index contributed by atoms with van der Waals surface area (Å²) in [5, 5.41) is 13.8. The second-order valence-electron chi connectivity index (χ2n) is 8.66. The van der Waals surface area contributed by atoms with E-state index in [0.717, 1.165) is 22.3 Å². The maximum absolute atomic E-state index is 13.5. The first-order chi connectivity index (χ1) is 16.3. The quantitative estimate of drug-likeness (QED) is 0.540. The number of rotatable bonds is 8. The molecule has 2 aliphatic carbocycles. The van der Waals surface area contributed by atoms with Crippen LogP contribution in [-0.4, -0.2) is 48.2 Å². The summed E-state index contributed by atoms with van der Waals surface area (Å²) in [5.74, 6) is -2.71. The monoisotopic (exact) mass is 472 g/mol. The fraction of sp³-hybridized carbons (Fsp3) is 0.400. The number of halogens is 2. The van der Waals surface area contributed by atoms with Gasteiger partial charge in [0, 0.05) is 12.0 Å². The van der Waals surface area contributed by atoms with Gasteiger partial charge in [-0.05, 0) is 35.1 Å². The van der Waals surface area contributed by atoms with Gasteiger partial charge in [0.1, 0.15) is 12.6 Å². The summed E-state index contributed by atoms with van der Waals surface area (Å²) in [7, 11) is 0. The first kappa shape index (κ1) is 23.7. The summed E-state index contributed by atoms with van der Waals surface area (Å²) in [6, 6.07) is 13.1. The number of alkyl carbamates (subject to hydrolysis) is 1. The standard InChI is InChI=1S/C25H26F2N2O5/c26-23(27)21(12-22(30)28-20-11-5-10-18(20)24(31)32)29-25(33)34-13-19-16-8-3-1-6-14(16)15-7-2-4-9-17(15)19/h1-4,6-9,18-21,23H,5,10-13H2,(H,28,30)(H,29,33)(H,31,32)/t18-,20+,21?/m0/s1. The zero-order valence-electron chi connectivity index (χ0n) is 18.4. The van der Waals surface area contributed by atoms with Crippen molar-refractivity contribution in [2.45, 2.75) is 50.1 Å². The van der Waals surface area contributed by atoms with Crippen molar-refractivity contribution in [2.24, 2.45) is 5.92 Å². The van der Waals surface area contributed by atoms with Crippen LogP contribution in [0.5, 0.6) is 0 Å². The smallest absolute Gasteiger partial charge is 0.407 e. The Labute approximate surface area is 195 Å².